The van der Waals surface area contributed by atoms with Crippen LogP contribution >= 0.6 is 11.3 Å². The third-order valence-electron chi connectivity index (χ3n) is 3.92. The van der Waals surface area contributed by atoms with Crippen LogP contribution in [-0.2, 0) is 6.42 Å². The highest BCUT2D eigenvalue weighted by Crippen LogP contribution is 2.29. The van der Waals surface area contributed by atoms with Crippen LogP contribution in [0.5, 0.6) is 5.75 Å². The third-order valence-corrected chi connectivity index (χ3v) is 4.79. The number of nitrogens with one attached hydrogen (secondary N) is 1. The molecule has 0 radical (unpaired) electrons. The van der Waals surface area contributed by atoms with E-state index in [4.69, 9.17) is 4.74 Å². The Labute approximate surface area is 134 Å². The lowest BCUT2D eigenvalue weighted by Gasteiger charge is -2.25. The van der Waals surface area contributed by atoms with Crippen LogP contribution in [0.2, 0.25) is 0 Å². The van der Waals surface area contributed by atoms with E-state index in [1.54, 1.807) is 0 Å². The SMILES string of the molecule is CN(C)C(CNC(=O)c1cccs1)c1ccc2c(c1)CCO2. The van der Waals surface area contributed by atoms with Gasteiger partial charge >= 0.3 is 0 Å². The van der Waals surface area contributed by atoms with Crippen LogP contribution < -0.4 is 10.1 Å². The van der Waals surface area contributed by atoms with Gasteiger partial charge in [0.25, 0.3) is 5.91 Å². The van der Waals surface area contributed by atoms with Gasteiger partial charge < -0.3 is 15.0 Å². The molecule has 2 aromatic rings. The standard InChI is InChI=1S/C17H20N2O2S/c1-19(2)14(11-18-17(20)16-4-3-9-22-16)12-5-6-15-13(10-12)7-8-21-15/h3-6,9-10,14H,7-8,11H2,1-2H3,(H,18,20). The van der Waals surface area contributed by atoms with Gasteiger partial charge in [-0.1, -0.05) is 18.2 Å². The molecule has 1 N–H and O–H groups in total. The molecule has 1 aliphatic heterocycles. The summed E-state index contributed by atoms with van der Waals surface area (Å²) in [6.45, 7) is 1.35. The quantitative estimate of drug-likeness (QED) is 0.922. The molecule has 1 aromatic carbocycles. The van der Waals surface area contributed by atoms with Crippen LogP contribution in [0, 0.1) is 0 Å². The molecular weight excluding hydrogens is 296 g/mol. The van der Waals surface area contributed by atoms with Crippen molar-refractivity contribution in [1.82, 2.24) is 10.2 Å². The van der Waals surface area contributed by atoms with Gasteiger partial charge in [0, 0.05) is 13.0 Å². The molecule has 5 heteroatoms. The minimum atomic E-state index is -0.00802. The van der Waals surface area contributed by atoms with Crippen molar-refractivity contribution in [2.24, 2.45) is 0 Å². The van der Waals surface area contributed by atoms with Crippen molar-refractivity contribution in [3.05, 3.63) is 51.7 Å². The fourth-order valence-electron chi connectivity index (χ4n) is 2.70. The van der Waals surface area contributed by atoms with E-state index in [0.717, 1.165) is 23.7 Å². The average molecular weight is 316 g/mol. The number of carbonyl (C=O) groups is 1. The topological polar surface area (TPSA) is 41.6 Å². The van der Waals surface area contributed by atoms with Gasteiger partial charge in [-0.2, -0.15) is 0 Å². The Morgan fingerprint density at radius 1 is 1.41 bits per heavy atom. The van der Waals surface area contributed by atoms with Gasteiger partial charge in [0.1, 0.15) is 5.75 Å². The predicted molar refractivity (Wildman–Crippen MR) is 88.7 cm³/mol. The summed E-state index contributed by atoms with van der Waals surface area (Å²) in [5.74, 6) is 0.982. The first-order valence-electron chi connectivity index (χ1n) is 7.39. The first-order chi connectivity index (χ1) is 10.6. The largest absolute Gasteiger partial charge is 0.493 e. The second-order valence-electron chi connectivity index (χ2n) is 5.63. The van der Waals surface area contributed by atoms with Crippen LogP contribution in [0.1, 0.15) is 26.8 Å². The van der Waals surface area contributed by atoms with E-state index in [0.29, 0.717) is 6.54 Å². The summed E-state index contributed by atoms with van der Waals surface area (Å²) in [6, 6.07) is 10.2. The Morgan fingerprint density at radius 2 is 2.27 bits per heavy atom. The highest BCUT2D eigenvalue weighted by molar-refractivity contribution is 7.12. The number of nitrogens with zero attached hydrogens (tertiary/aromatic N) is 1. The van der Waals surface area contributed by atoms with Crippen molar-refractivity contribution in [3.8, 4) is 5.75 Å². The zero-order chi connectivity index (χ0) is 15.5. The molecule has 2 heterocycles. The number of hydrogen-bond acceptors (Lipinski definition) is 4. The van der Waals surface area contributed by atoms with Crippen LogP contribution in [0.15, 0.2) is 35.7 Å². The van der Waals surface area contributed by atoms with Crippen molar-refractivity contribution in [2.75, 3.05) is 27.2 Å². The molecule has 4 nitrogen and oxygen atoms in total. The molecule has 22 heavy (non-hydrogen) atoms. The van der Waals surface area contributed by atoms with Gasteiger partial charge in [0.2, 0.25) is 0 Å². The summed E-state index contributed by atoms with van der Waals surface area (Å²) >= 11 is 1.46. The lowest BCUT2D eigenvalue weighted by atomic mass is 10.0. The maximum atomic E-state index is 12.1. The Kier molecular flexibility index (Phi) is 4.45. The predicted octanol–water partition coefficient (Wildman–Crippen LogP) is 2.72. The molecule has 0 saturated heterocycles. The van der Waals surface area contributed by atoms with Crippen molar-refractivity contribution in [1.29, 1.82) is 0 Å². The fourth-order valence-corrected chi connectivity index (χ4v) is 3.34. The first kappa shape index (κ1) is 15.1. The Morgan fingerprint density at radius 3 is 3.00 bits per heavy atom. The summed E-state index contributed by atoms with van der Waals surface area (Å²) in [5.41, 5.74) is 2.47. The number of thiophene rings is 1. The maximum absolute atomic E-state index is 12.1. The molecule has 1 amide bonds. The van der Waals surface area contributed by atoms with Gasteiger partial charge in [-0.3, -0.25) is 4.79 Å². The van der Waals surface area contributed by atoms with E-state index in [2.05, 4.69) is 22.3 Å². The molecule has 0 aliphatic carbocycles. The third kappa shape index (κ3) is 3.15. The Balaban J connectivity index is 1.71. The van der Waals surface area contributed by atoms with E-state index < -0.39 is 0 Å². The summed E-state index contributed by atoms with van der Waals surface area (Å²) in [6.07, 6.45) is 0.963. The van der Waals surface area contributed by atoms with Crippen LogP contribution in [0.25, 0.3) is 0 Å². The summed E-state index contributed by atoms with van der Waals surface area (Å²) < 4.78 is 5.56. The minimum absolute atomic E-state index is 0.00802. The number of ether oxygens (including phenoxy) is 1. The Hall–Kier alpha value is -1.85. The monoisotopic (exact) mass is 316 g/mol. The van der Waals surface area contributed by atoms with Gasteiger partial charge in [0.15, 0.2) is 0 Å². The number of hydrogen-bond donors (Lipinski definition) is 1. The Bertz CT molecular complexity index is 653. The number of carbonyl (C=O) groups excluding carboxylic acids is 1. The average Bonchev–Trinajstić information content (AvgIpc) is 3.17. The first-order valence-corrected chi connectivity index (χ1v) is 8.27. The molecule has 0 bridgehead atoms. The van der Waals surface area contributed by atoms with E-state index in [1.807, 2.05) is 37.7 Å². The van der Waals surface area contributed by atoms with Crippen LogP contribution in [0.3, 0.4) is 0 Å². The minimum Gasteiger partial charge on any atom is -0.493 e. The summed E-state index contributed by atoms with van der Waals surface area (Å²) in [7, 11) is 4.07. The van der Waals surface area contributed by atoms with Crippen LogP contribution in [0.4, 0.5) is 0 Å². The van der Waals surface area contributed by atoms with Crippen molar-refractivity contribution < 1.29 is 9.53 Å². The number of likely N-dealkylation sites (N-methyl/N-ethyl adjacent to an activating group) is 1. The molecule has 1 aromatic heterocycles. The fraction of sp³-hybridized carbons (Fsp3) is 0.353. The zero-order valence-corrected chi connectivity index (χ0v) is 13.7. The molecule has 0 saturated carbocycles. The normalized spacial score (nSPS) is 14.5. The van der Waals surface area contributed by atoms with E-state index in [1.165, 1.54) is 22.5 Å². The molecular formula is C17H20N2O2S. The summed E-state index contributed by atoms with van der Waals surface area (Å²) in [5, 5.41) is 4.95. The highest BCUT2D eigenvalue weighted by atomic mass is 32.1. The highest BCUT2D eigenvalue weighted by Gasteiger charge is 2.19. The molecule has 1 aliphatic rings. The van der Waals surface area contributed by atoms with Gasteiger partial charge in [-0.15, -0.1) is 11.3 Å². The molecule has 0 spiro atoms. The van der Waals surface area contributed by atoms with E-state index in [-0.39, 0.29) is 11.9 Å². The van der Waals surface area contributed by atoms with Crippen molar-refractivity contribution >= 4 is 17.2 Å². The van der Waals surface area contributed by atoms with Crippen molar-refractivity contribution in [2.45, 2.75) is 12.5 Å². The second kappa shape index (κ2) is 6.50. The van der Waals surface area contributed by atoms with Gasteiger partial charge in [0.05, 0.1) is 17.5 Å². The molecule has 116 valence electrons. The number of fused-ring (bicyclic) bond motifs is 1. The van der Waals surface area contributed by atoms with Gasteiger partial charge in [-0.05, 0) is 42.7 Å². The van der Waals surface area contributed by atoms with E-state index in [9.17, 15) is 4.79 Å². The molecule has 3 rings (SSSR count). The number of benzene rings is 1. The molecule has 1 unspecified atom stereocenters. The van der Waals surface area contributed by atoms with Crippen LogP contribution in [-0.4, -0.2) is 38.1 Å². The maximum Gasteiger partial charge on any atom is 0.261 e. The number of amides is 1. The summed E-state index contributed by atoms with van der Waals surface area (Å²) in [4.78, 5) is 15.0. The molecule has 1 atom stereocenters. The molecule has 0 fully saturated rings. The number of rotatable bonds is 5. The zero-order valence-electron chi connectivity index (χ0n) is 12.8. The van der Waals surface area contributed by atoms with E-state index >= 15 is 0 Å². The van der Waals surface area contributed by atoms with Gasteiger partial charge in [-0.25, -0.2) is 0 Å². The lowest BCUT2D eigenvalue weighted by Crippen LogP contribution is -2.34. The smallest absolute Gasteiger partial charge is 0.261 e. The second-order valence-corrected chi connectivity index (χ2v) is 6.58. The van der Waals surface area contributed by atoms with Crippen molar-refractivity contribution in [3.63, 3.8) is 0 Å². The lowest BCUT2D eigenvalue weighted by molar-refractivity contribution is 0.0946.